The van der Waals surface area contributed by atoms with Gasteiger partial charge < -0.3 is 10.2 Å². The van der Waals surface area contributed by atoms with E-state index in [4.69, 9.17) is 5.11 Å². The molecule has 5 heteroatoms. The van der Waals surface area contributed by atoms with Crippen molar-refractivity contribution in [3.8, 4) is 11.4 Å². The fourth-order valence-corrected chi connectivity index (χ4v) is 1.50. The van der Waals surface area contributed by atoms with E-state index in [2.05, 4.69) is 0 Å². The van der Waals surface area contributed by atoms with Gasteiger partial charge in [0.15, 0.2) is 0 Å². The lowest BCUT2D eigenvalue weighted by atomic mass is 10.2. The van der Waals surface area contributed by atoms with Crippen molar-refractivity contribution in [3.05, 3.63) is 58.5 Å². The molecule has 1 heterocycles. The van der Waals surface area contributed by atoms with Gasteiger partial charge in [0.05, 0.1) is 5.69 Å². The number of phenolic OH excluding ortho intramolecular Hbond substituents is 1. The van der Waals surface area contributed by atoms with E-state index in [1.807, 2.05) is 0 Å². The highest BCUT2D eigenvalue weighted by Gasteiger charge is 2.10. The lowest BCUT2D eigenvalue weighted by Gasteiger charge is -2.06. The van der Waals surface area contributed by atoms with E-state index in [1.165, 1.54) is 35.0 Å². The number of carboxylic acid groups (broad SMARTS) is 1. The minimum Gasteiger partial charge on any atom is -0.508 e. The number of aromatic hydroxyl groups is 1. The van der Waals surface area contributed by atoms with Crippen molar-refractivity contribution < 1.29 is 15.0 Å². The Morgan fingerprint density at radius 1 is 1.18 bits per heavy atom. The summed E-state index contributed by atoms with van der Waals surface area (Å²) in [5, 5.41) is 18.1. The lowest BCUT2D eigenvalue weighted by molar-refractivity contribution is 0.0694. The van der Waals surface area contributed by atoms with Gasteiger partial charge in [-0.3, -0.25) is 9.36 Å². The van der Waals surface area contributed by atoms with Crippen molar-refractivity contribution in [2.75, 3.05) is 0 Å². The molecular weight excluding hydrogens is 222 g/mol. The van der Waals surface area contributed by atoms with Crippen LogP contribution in [0.3, 0.4) is 0 Å². The third-order valence-electron chi connectivity index (χ3n) is 2.29. The first-order chi connectivity index (χ1) is 8.09. The molecule has 0 amide bonds. The minimum absolute atomic E-state index is 0.00938. The van der Waals surface area contributed by atoms with Crippen LogP contribution in [0.4, 0.5) is 0 Å². The molecule has 2 rings (SSSR count). The number of rotatable bonds is 2. The first-order valence-corrected chi connectivity index (χ1v) is 4.84. The monoisotopic (exact) mass is 231 g/mol. The number of benzene rings is 1. The molecule has 86 valence electrons. The van der Waals surface area contributed by atoms with E-state index in [0.29, 0.717) is 5.69 Å². The molecule has 0 unspecified atom stereocenters. The fourth-order valence-electron chi connectivity index (χ4n) is 1.50. The number of hydrogen-bond donors (Lipinski definition) is 2. The molecule has 2 N–H and O–H groups in total. The Morgan fingerprint density at radius 2 is 1.94 bits per heavy atom. The van der Waals surface area contributed by atoms with Gasteiger partial charge in [-0.05, 0) is 24.3 Å². The Balaban J connectivity index is 2.65. The van der Waals surface area contributed by atoms with Gasteiger partial charge >= 0.3 is 5.97 Å². The summed E-state index contributed by atoms with van der Waals surface area (Å²) in [6, 6.07) is 8.73. The van der Waals surface area contributed by atoms with Gasteiger partial charge in [-0.25, -0.2) is 4.79 Å². The SMILES string of the molecule is O=C(O)c1cccn(-c2cccc(O)c2)c1=O. The molecule has 1 aromatic carbocycles. The number of carbonyl (C=O) groups is 1. The lowest BCUT2D eigenvalue weighted by Crippen LogP contribution is -2.24. The van der Waals surface area contributed by atoms with Gasteiger partial charge in [0, 0.05) is 12.3 Å². The molecule has 0 saturated heterocycles. The van der Waals surface area contributed by atoms with E-state index < -0.39 is 11.5 Å². The first-order valence-electron chi connectivity index (χ1n) is 4.84. The molecule has 0 fully saturated rings. The van der Waals surface area contributed by atoms with Crippen LogP contribution in [0.15, 0.2) is 47.4 Å². The Morgan fingerprint density at radius 3 is 2.59 bits per heavy atom. The zero-order valence-corrected chi connectivity index (χ0v) is 8.70. The van der Waals surface area contributed by atoms with Crippen LogP contribution in [0.1, 0.15) is 10.4 Å². The molecule has 2 aromatic rings. The highest BCUT2D eigenvalue weighted by molar-refractivity contribution is 5.87. The molecule has 0 bridgehead atoms. The summed E-state index contributed by atoms with van der Waals surface area (Å²) in [7, 11) is 0. The van der Waals surface area contributed by atoms with Crippen LogP contribution >= 0.6 is 0 Å². The molecule has 0 radical (unpaired) electrons. The van der Waals surface area contributed by atoms with Gasteiger partial charge in [0.1, 0.15) is 11.3 Å². The maximum atomic E-state index is 11.8. The van der Waals surface area contributed by atoms with Crippen molar-refractivity contribution in [1.29, 1.82) is 0 Å². The van der Waals surface area contributed by atoms with E-state index in [0.717, 1.165) is 0 Å². The molecule has 17 heavy (non-hydrogen) atoms. The third-order valence-corrected chi connectivity index (χ3v) is 2.29. The largest absolute Gasteiger partial charge is 0.508 e. The average Bonchev–Trinajstić information content (AvgIpc) is 2.29. The second-order valence-corrected chi connectivity index (χ2v) is 3.42. The second-order valence-electron chi connectivity index (χ2n) is 3.42. The first kappa shape index (κ1) is 10.9. The minimum atomic E-state index is -1.27. The second kappa shape index (κ2) is 4.13. The van der Waals surface area contributed by atoms with Crippen LogP contribution in [0.5, 0.6) is 5.75 Å². The molecule has 0 aliphatic heterocycles. The molecule has 0 saturated carbocycles. The summed E-state index contributed by atoms with van der Waals surface area (Å²) in [4.78, 5) is 22.6. The average molecular weight is 231 g/mol. The zero-order valence-electron chi connectivity index (χ0n) is 8.70. The summed E-state index contributed by atoms with van der Waals surface area (Å²) < 4.78 is 1.17. The Hall–Kier alpha value is -2.56. The summed E-state index contributed by atoms with van der Waals surface area (Å²) in [6.07, 6.45) is 1.45. The molecule has 0 aliphatic carbocycles. The molecule has 0 aliphatic rings. The maximum Gasteiger partial charge on any atom is 0.341 e. The predicted molar refractivity (Wildman–Crippen MR) is 60.7 cm³/mol. The van der Waals surface area contributed by atoms with Crippen molar-refractivity contribution >= 4 is 5.97 Å². The number of phenols is 1. The molecule has 0 spiro atoms. The standard InChI is InChI=1S/C12H9NO4/c14-9-4-1-3-8(7-9)13-6-2-5-10(11(13)15)12(16)17/h1-7,14H,(H,16,17). The number of nitrogens with zero attached hydrogens (tertiary/aromatic N) is 1. The van der Waals surface area contributed by atoms with Gasteiger partial charge in [-0.1, -0.05) is 6.07 Å². The van der Waals surface area contributed by atoms with Crippen LogP contribution in [-0.2, 0) is 0 Å². The molecule has 0 atom stereocenters. The number of hydrogen-bond acceptors (Lipinski definition) is 3. The van der Waals surface area contributed by atoms with E-state index >= 15 is 0 Å². The molecule has 1 aromatic heterocycles. The van der Waals surface area contributed by atoms with Gasteiger partial charge in [0.2, 0.25) is 0 Å². The Labute approximate surface area is 96.2 Å². The normalized spacial score (nSPS) is 10.1. The van der Waals surface area contributed by atoms with Crippen molar-refractivity contribution in [1.82, 2.24) is 4.57 Å². The van der Waals surface area contributed by atoms with Gasteiger partial charge in [0.25, 0.3) is 5.56 Å². The summed E-state index contributed by atoms with van der Waals surface area (Å²) in [6.45, 7) is 0. The van der Waals surface area contributed by atoms with Crippen LogP contribution in [0, 0.1) is 0 Å². The van der Waals surface area contributed by atoms with Crippen molar-refractivity contribution in [2.24, 2.45) is 0 Å². The van der Waals surface area contributed by atoms with E-state index in [1.54, 1.807) is 12.1 Å². The van der Waals surface area contributed by atoms with Crippen molar-refractivity contribution in [3.63, 3.8) is 0 Å². The summed E-state index contributed by atoms with van der Waals surface area (Å²) >= 11 is 0. The van der Waals surface area contributed by atoms with E-state index in [-0.39, 0.29) is 11.3 Å². The molecular formula is C12H9NO4. The molecule has 5 nitrogen and oxygen atoms in total. The number of carboxylic acids is 1. The maximum absolute atomic E-state index is 11.8. The third kappa shape index (κ3) is 2.03. The van der Waals surface area contributed by atoms with Gasteiger partial charge in [-0.2, -0.15) is 0 Å². The Kier molecular flexibility index (Phi) is 2.66. The predicted octanol–water partition coefficient (Wildman–Crippen LogP) is 1.24. The topological polar surface area (TPSA) is 79.5 Å². The Bertz CT molecular complexity index is 630. The van der Waals surface area contributed by atoms with Crippen LogP contribution < -0.4 is 5.56 Å². The number of aromatic nitrogens is 1. The zero-order chi connectivity index (χ0) is 12.4. The van der Waals surface area contributed by atoms with E-state index in [9.17, 15) is 14.7 Å². The van der Waals surface area contributed by atoms with Crippen LogP contribution in [-0.4, -0.2) is 20.7 Å². The fraction of sp³-hybridized carbons (Fsp3) is 0. The quantitative estimate of drug-likeness (QED) is 0.814. The summed E-state index contributed by atoms with van der Waals surface area (Å²) in [5.74, 6) is -1.26. The number of pyridine rings is 1. The smallest absolute Gasteiger partial charge is 0.341 e. The number of aromatic carboxylic acids is 1. The van der Waals surface area contributed by atoms with Crippen LogP contribution in [0.25, 0.3) is 5.69 Å². The highest BCUT2D eigenvalue weighted by Crippen LogP contribution is 2.13. The van der Waals surface area contributed by atoms with Crippen LogP contribution in [0.2, 0.25) is 0 Å². The van der Waals surface area contributed by atoms with Crippen molar-refractivity contribution in [2.45, 2.75) is 0 Å². The highest BCUT2D eigenvalue weighted by atomic mass is 16.4. The summed E-state index contributed by atoms with van der Waals surface area (Å²) in [5.41, 5.74) is -0.528. The van der Waals surface area contributed by atoms with Gasteiger partial charge in [-0.15, -0.1) is 0 Å².